The molecule has 4 aliphatic rings. The van der Waals surface area contributed by atoms with Crippen molar-refractivity contribution in [3.8, 4) is 5.75 Å². The Morgan fingerprint density at radius 3 is 2.30 bits per heavy atom. The van der Waals surface area contributed by atoms with Crippen molar-refractivity contribution in [2.45, 2.75) is 65.0 Å². The van der Waals surface area contributed by atoms with Crippen molar-refractivity contribution in [3.63, 3.8) is 0 Å². The fourth-order valence-corrected chi connectivity index (χ4v) is 6.13. The first-order valence-corrected chi connectivity index (χ1v) is 9.62. The van der Waals surface area contributed by atoms with Gasteiger partial charge in [-0.3, -0.25) is 0 Å². The van der Waals surface area contributed by atoms with Gasteiger partial charge in [0, 0.05) is 18.2 Å². The van der Waals surface area contributed by atoms with E-state index in [-0.39, 0.29) is 0 Å². The molecule has 4 bridgehead atoms. The molecule has 0 aliphatic heterocycles. The molecule has 4 aliphatic carbocycles. The van der Waals surface area contributed by atoms with Gasteiger partial charge in [0.1, 0.15) is 5.75 Å². The van der Waals surface area contributed by atoms with Gasteiger partial charge in [0.25, 0.3) is 0 Å². The molecule has 0 unspecified atom stereocenters. The van der Waals surface area contributed by atoms with Crippen LogP contribution in [-0.2, 0) is 6.54 Å². The minimum absolute atomic E-state index is 0.579. The van der Waals surface area contributed by atoms with Gasteiger partial charge in [-0.25, -0.2) is 0 Å². The first-order chi connectivity index (χ1) is 11.2. The summed E-state index contributed by atoms with van der Waals surface area (Å²) < 4.78 is 5.78. The van der Waals surface area contributed by atoms with Crippen LogP contribution in [0.2, 0.25) is 0 Å². The lowest BCUT2D eigenvalue weighted by Crippen LogP contribution is -2.54. The van der Waals surface area contributed by atoms with Crippen molar-refractivity contribution in [2.24, 2.45) is 23.2 Å². The standard InChI is InChI=1S/C21H31NO/c1-3-23-20-7-5-4-6-19(20)14-22-15(2)21-11-16-8-17(12-21)10-18(9-16)13-21/h4-7,15-18,22H,3,8-14H2,1-2H3/t15-,16?,17?,18?,21?/m0/s1. The van der Waals surface area contributed by atoms with Crippen LogP contribution in [-0.4, -0.2) is 12.6 Å². The van der Waals surface area contributed by atoms with Crippen molar-refractivity contribution in [1.82, 2.24) is 5.32 Å². The Bertz CT molecular complexity index is 517. The number of hydrogen-bond acceptors (Lipinski definition) is 2. The third-order valence-electron chi connectivity index (χ3n) is 6.88. The molecule has 1 aromatic rings. The van der Waals surface area contributed by atoms with Crippen LogP contribution in [0.3, 0.4) is 0 Å². The molecule has 4 fully saturated rings. The largest absolute Gasteiger partial charge is 0.494 e. The number of hydrogen-bond donors (Lipinski definition) is 1. The molecule has 0 saturated heterocycles. The summed E-state index contributed by atoms with van der Waals surface area (Å²) >= 11 is 0. The molecule has 23 heavy (non-hydrogen) atoms. The van der Waals surface area contributed by atoms with E-state index in [1.807, 2.05) is 0 Å². The molecule has 1 aromatic carbocycles. The van der Waals surface area contributed by atoms with E-state index < -0.39 is 0 Å². The fourth-order valence-electron chi connectivity index (χ4n) is 6.13. The Labute approximate surface area is 141 Å². The average Bonchev–Trinajstić information content (AvgIpc) is 2.53. The summed E-state index contributed by atoms with van der Waals surface area (Å²) in [6.45, 7) is 6.17. The second-order valence-electron chi connectivity index (χ2n) is 8.42. The molecule has 0 aromatic heterocycles. The SMILES string of the molecule is CCOc1ccccc1CN[C@@H](C)C12CC3CC(CC(C3)C1)C2. The van der Waals surface area contributed by atoms with Gasteiger partial charge in [-0.2, -0.15) is 0 Å². The van der Waals surface area contributed by atoms with Crippen LogP contribution >= 0.6 is 0 Å². The maximum Gasteiger partial charge on any atom is 0.123 e. The lowest BCUT2D eigenvalue weighted by molar-refractivity contribution is -0.0706. The molecule has 1 N–H and O–H groups in total. The van der Waals surface area contributed by atoms with E-state index in [0.717, 1.165) is 36.7 Å². The molecule has 1 atom stereocenters. The molecule has 4 saturated carbocycles. The lowest BCUT2D eigenvalue weighted by Gasteiger charge is -2.59. The Morgan fingerprint density at radius 1 is 1.09 bits per heavy atom. The van der Waals surface area contributed by atoms with E-state index in [4.69, 9.17) is 4.74 Å². The number of nitrogens with one attached hydrogen (secondary N) is 1. The minimum atomic E-state index is 0.579. The lowest BCUT2D eigenvalue weighted by atomic mass is 9.48. The van der Waals surface area contributed by atoms with Gasteiger partial charge in [-0.1, -0.05) is 18.2 Å². The van der Waals surface area contributed by atoms with Crippen molar-refractivity contribution < 1.29 is 4.74 Å². The van der Waals surface area contributed by atoms with E-state index in [2.05, 4.69) is 43.4 Å². The summed E-state index contributed by atoms with van der Waals surface area (Å²) in [6, 6.07) is 9.09. The number of ether oxygens (including phenoxy) is 1. The molecular weight excluding hydrogens is 282 g/mol. The summed E-state index contributed by atoms with van der Waals surface area (Å²) in [7, 11) is 0. The van der Waals surface area contributed by atoms with E-state index >= 15 is 0 Å². The zero-order chi connectivity index (χ0) is 15.9. The Morgan fingerprint density at radius 2 is 1.70 bits per heavy atom. The zero-order valence-corrected chi connectivity index (χ0v) is 14.7. The van der Waals surface area contributed by atoms with Crippen LogP contribution in [0.4, 0.5) is 0 Å². The monoisotopic (exact) mass is 313 g/mol. The van der Waals surface area contributed by atoms with Crippen molar-refractivity contribution in [2.75, 3.05) is 6.61 Å². The minimum Gasteiger partial charge on any atom is -0.494 e. The highest BCUT2D eigenvalue weighted by atomic mass is 16.5. The van der Waals surface area contributed by atoms with Crippen LogP contribution in [0, 0.1) is 23.2 Å². The van der Waals surface area contributed by atoms with E-state index in [1.165, 1.54) is 44.1 Å². The summed E-state index contributed by atoms with van der Waals surface area (Å²) in [4.78, 5) is 0. The second kappa shape index (κ2) is 6.12. The predicted octanol–water partition coefficient (Wildman–Crippen LogP) is 4.78. The first kappa shape index (κ1) is 15.5. The fraction of sp³-hybridized carbons (Fsp3) is 0.714. The number of benzene rings is 1. The molecular formula is C21H31NO. The maximum absolute atomic E-state index is 5.78. The molecule has 0 heterocycles. The van der Waals surface area contributed by atoms with Crippen LogP contribution in [0.5, 0.6) is 5.75 Å². The van der Waals surface area contributed by atoms with Crippen LogP contribution < -0.4 is 10.1 Å². The van der Waals surface area contributed by atoms with Gasteiger partial charge in [-0.15, -0.1) is 0 Å². The third kappa shape index (κ3) is 2.91. The first-order valence-electron chi connectivity index (χ1n) is 9.62. The van der Waals surface area contributed by atoms with E-state index in [1.54, 1.807) is 0 Å². The second-order valence-corrected chi connectivity index (χ2v) is 8.42. The molecule has 126 valence electrons. The van der Waals surface area contributed by atoms with Gasteiger partial charge in [0.05, 0.1) is 6.61 Å². The van der Waals surface area contributed by atoms with Gasteiger partial charge in [0.15, 0.2) is 0 Å². The van der Waals surface area contributed by atoms with Crippen molar-refractivity contribution in [3.05, 3.63) is 29.8 Å². The molecule has 0 spiro atoms. The summed E-state index contributed by atoms with van der Waals surface area (Å²) in [5, 5.41) is 3.87. The third-order valence-corrected chi connectivity index (χ3v) is 6.88. The Kier molecular flexibility index (Phi) is 4.13. The maximum atomic E-state index is 5.78. The van der Waals surface area contributed by atoms with E-state index in [0.29, 0.717) is 11.5 Å². The van der Waals surface area contributed by atoms with Crippen LogP contribution in [0.1, 0.15) is 57.9 Å². The molecule has 5 rings (SSSR count). The zero-order valence-electron chi connectivity index (χ0n) is 14.7. The predicted molar refractivity (Wildman–Crippen MR) is 94.5 cm³/mol. The summed E-state index contributed by atoms with van der Waals surface area (Å²) in [5.41, 5.74) is 1.88. The number of para-hydroxylation sites is 1. The van der Waals surface area contributed by atoms with Crippen molar-refractivity contribution >= 4 is 0 Å². The van der Waals surface area contributed by atoms with Crippen LogP contribution in [0.15, 0.2) is 24.3 Å². The average molecular weight is 313 g/mol. The van der Waals surface area contributed by atoms with Crippen LogP contribution in [0.25, 0.3) is 0 Å². The Hall–Kier alpha value is -1.02. The van der Waals surface area contributed by atoms with Gasteiger partial charge < -0.3 is 10.1 Å². The smallest absolute Gasteiger partial charge is 0.123 e. The van der Waals surface area contributed by atoms with Gasteiger partial charge in [0.2, 0.25) is 0 Å². The summed E-state index contributed by atoms with van der Waals surface area (Å²) in [6.07, 6.45) is 9.00. The Balaban J connectivity index is 1.43. The van der Waals surface area contributed by atoms with E-state index in [9.17, 15) is 0 Å². The highest BCUT2D eigenvalue weighted by Crippen LogP contribution is 2.61. The number of rotatable bonds is 6. The summed E-state index contributed by atoms with van der Waals surface area (Å²) in [5.74, 6) is 4.13. The quantitative estimate of drug-likeness (QED) is 0.816. The van der Waals surface area contributed by atoms with Gasteiger partial charge >= 0.3 is 0 Å². The molecule has 0 radical (unpaired) electrons. The highest BCUT2D eigenvalue weighted by Gasteiger charge is 2.52. The highest BCUT2D eigenvalue weighted by molar-refractivity contribution is 5.33. The molecule has 2 heteroatoms. The van der Waals surface area contributed by atoms with Gasteiger partial charge in [-0.05, 0) is 81.6 Å². The molecule has 2 nitrogen and oxygen atoms in total. The molecule has 0 amide bonds. The normalized spacial score (nSPS) is 36.2. The topological polar surface area (TPSA) is 21.3 Å². The van der Waals surface area contributed by atoms with Crippen molar-refractivity contribution in [1.29, 1.82) is 0 Å².